The van der Waals surface area contributed by atoms with Crippen molar-refractivity contribution < 1.29 is 9.59 Å². The van der Waals surface area contributed by atoms with Crippen molar-refractivity contribution in [2.75, 3.05) is 13.1 Å². The third-order valence-corrected chi connectivity index (χ3v) is 9.72. The van der Waals surface area contributed by atoms with Crippen LogP contribution in [-0.4, -0.2) is 54.2 Å². The quantitative estimate of drug-likeness (QED) is 0.476. The van der Waals surface area contributed by atoms with E-state index < -0.39 is 0 Å². The van der Waals surface area contributed by atoms with Crippen LogP contribution in [0.15, 0.2) is 0 Å². The highest BCUT2D eigenvalue weighted by Gasteiger charge is 2.49. The summed E-state index contributed by atoms with van der Waals surface area (Å²) in [7, 11) is 0. The van der Waals surface area contributed by atoms with Crippen LogP contribution in [0.5, 0.6) is 0 Å². The fraction of sp³-hybridized carbons (Fsp3) is 0.929. The summed E-state index contributed by atoms with van der Waals surface area (Å²) in [6.07, 6.45) is 7.12. The highest BCUT2D eigenvalue weighted by Crippen LogP contribution is 2.43. The summed E-state index contributed by atoms with van der Waals surface area (Å²) in [4.78, 5) is 26.2. The normalized spacial score (nSPS) is 40.9. The Kier molecular flexibility index (Phi) is 8.19. The molecular formula is C28H51N5O2. The zero-order valence-corrected chi connectivity index (χ0v) is 23.2. The average molecular weight is 490 g/mol. The van der Waals surface area contributed by atoms with Crippen LogP contribution in [0, 0.1) is 40.9 Å². The van der Waals surface area contributed by atoms with Gasteiger partial charge in [-0.25, -0.2) is 5.01 Å². The maximum Gasteiger partial charge on any atom is 0.225 e. The Bertz CT molecular complexity index is 757. The first-order chi connectivity index (χ1) is 16.5. The lowest BCUT2D eigenvalue weighted by molar-refractivity contribution is -0.132. The molecule has 7 unspecified atom stereocenters. The Hall–Kier alpha value is -1.18. The molecule has 35 heavy (non-hydrogen) atoms. The number of rotatable bonds is 5. The SMILES string of the molecule is CC1CC(C)C(CNC(=O)C2CC(C3CCC(C(C)(C)C)CC3)NC3C2CNN3C(C)C)C(=O)N1. The molecule has 4 rings (SSSR count). The molecule has 4 N–H and O–H groups in total. The van der Waals surface area contributed by atoms with E-state index in [1.165, 1.54) is 25.7 Å². The second kappa shape index (κ2) is 10.7. The van der Waals surface area contributed by atoms with E-state index in [9.17, 15) is 9.59 Å². The van der Waals surface area contributed by atoms with E-state index in [0.29, 0.717) is 30.0 Å². The molecule has 0 aromatic carbocycles. The van der Waals surface area contributed by atoms with E-state index in [0.717, 1.165) is 25.3 Å². The van der Waals surface area contributed by atoms with E-state index in [2.05, 4.69) is 74.9 Å². The number of nitrogens with zero attached hydrogens (tertiary/aromatic N) is 1. The van der Waals surface area contributed by atoms with Gasteiger partial charge in [-0.2, -0.15) is 0 Å². The largest absolute Gasteiger partial charge is 0.355 e. The van der Waals surface area contributed by atoms with Crippen molar-refractivity contribution in [1.29, 1.82) is 0 Å². The van der Waals surface area contributed by atoms with Crippen LogP contribution >= 0.6 is 0 Å². The predicted molar refractivity (Wildman–Crippen MR) is 140 cm³/mol. The number of fused-ring (bicyclic) bond motifs is 1. The number of piperidine rings is 2. The van der Waals surface area contributed by atoms with Crippen LogP contribution in [0.3, 0.4) is 0 Å². The predicted octanol–water partition coefficient (Wildman–Crippen LogP) is 3.26. The first kappa shape index (κ1) is 26.9. The monoisotopic (exact) mass is 489 g/mol. The molecule has 0 aromatic rings. The van der Waals surface area contributed by atoms with E-state index in [-0.39, 0.29) is 47.7 Å². The van der Waals surface area contributed by atoms with E-state index >= 15 is 0 Å². The molecule has 4 aliphatic rings. The van der Waals surface area contributed by atoms with Gasteiger partial charge in [-0.3, -0.25) is 20.3 Å². The summed E-state index contributed by atoms with van der Waals surface area (Å²) in [5.41, 5.74) is 3.96. The molecule has 3 aliphatic heterocycles. The molecule has 4 fully saturated rings. The third kappa shape index (κ3) is 5.88. The van der Waals surface area contributed by atoms with Crippen LogP contribution in [0.25, 0.3) is 0 Å². The summed E-state index contributed by atoms with van der Waals surface area (Å²) in [6, 6.07) is 0.951. The lowest BCUT2D eigenvalue weighted by atomic mass is 9.66. The molecule has 7 heteroatoms. The smallest absolute Gasteiger partial charge is 0.225 e. The minimum atomic E-state index is -0.134. The summed E-state index contributed by atoms with van der Waals surface area (Å²) < 4.78 is 0. The van der Waals surface area contributed by atoms with Crippen molar-refractivity contribution in [2.45, 2.75) is 111 Å². The van der Waals surface area contributed by atoms with Gasteiger partial charge in [0.2, 0.25) is 11.8 Å². The molecule has 1 saturated carbocycles. The van der Waals surface area contributed by atoms with Crippen LogP contribution in [0.1, 0.15) is 87.0 Å². The molecule has 3 heterocycles. The minimum absolute atomic E-state index is 0.0243. The summed E-state index contributed by atoms with van der Waals surface area (Å²) >= 11 is 0. The number of hydrogen-bond acceptors (Lipinski definition) is 5. The molecule has 7 atom stereocenters. The lowest BCUT2D eigenvalue weighted by Crippen LogP contribution is -2.62. The molecule has 0 bridgehead atoms. The second-order valence-corrected chi connectivity index (χ2v) is 13.5. The highest BCUT2D eigenvalue weighted by atomic mass is 16.2. The Balaban J connectivity index is 1.43. The van der Waals surface area contributed by atoms with Crippen molar-refractivity contribution in [3.63, 3.8) is 0 Å². The molecule has 0 radical (unpaired) electrons. The third-order valence-electron chi connectivity index (χ3n) is 9.72. The van der Waals surface area contributed by atoms with E-state index in [4.69, 9.17) is 0 Å². The van der Waals surface area contributed by atoms with Gasteiger partial charge in [0.1, 0.15) is 0 Å². The molecule has 2 amide bonds. The lowest BCUT2D eigenvalue weighted by Gasteiger charge is -2.46. The summed E-state index contributed by atoms with van der Waals surface area (Å²) in [6.45, 7) is 17.0. The Morgan fingerprint density at radius 1 is 1.11 bits per heavy atom. The fourth-order valence-corrected chi connectivity index (χ4v) is 7.48. The van der Waals surface area contributed by atoms with Crippen molar-refractivity contribution in [3.8, 4) is 0 Å². The molecule has 1 aliphatic carbocycles. The second-order valence-electron chi connectivity index (χ2n) is 13.5. The zero-order valence-electron chi connectivity index (χ0n) is 23.2. The number of nitrogens with one attached hydrogen (secondary N) is 4. The average Bonchev–Trinajstić information content (AvgIpc) is 3.21. The topological polar surface area (TPSA) is 85.5 Å². The van der Waals surface area contributed by atoms with Gasteiger partial charge in [0.05, 0.1) is 12.1 Å². The Morgan fingerprint density at radius 3 is 2.40 bits per heavy atom. The number of amides is 2. The van der Waals surface area contributed by atoms with Crippen molar-refractivity contribution in [1.82, 2.24) is 26.4 Å². The van der Waals surface area contributed by atoms with Gasteiger partial charge >= 0.3 is 0 Å². The standard InChI is InChI=1S/C28H51N5O2/c1-16(2)33-25-23(15-30-33)21(26(34)29-14-22-17(3)12-18(4)31-27(22)35)13-24(32-25)19-8-10-20(11-9-19)28(5,6)7/h16-25,30,32H,8-15H2,1-7H3,(H,29,34)(H,31,35). The van der Waals surface area contributed by atoms with Gasteiger partial charge in [-0.15, -0.1) is 0 Å². The van der Waals surface area contributed by atoms with Gasteiger partial charge in [-0.05, 0) is 82.5 Å². The molecule has 200 valence electrons. The fourth-order valence-electron chi connectivity index (χ4n) is 7.48. The van der Waals surface area contributed by atoms with Crippen LogP contribution in [-0.2, 0) is 9.59 Å². The molecular weight excluding hydrogens is 438 g/mol. The van der Waals surface area contributed by atoms with Crippen molar-refractivity contribution in [3.05, 3.63) is 0 Å². The van der Waals surface area contributed by atoms with Crippen molar-refractivity contribution in [2.24, 2.45) is 40.9 Å². The van der Waals surface area contributed by atoms with Gasteiger partial charge in [0.15, 0.2) is 0 Å². The zero-order chi connectivity index (χ0) is 25.5. The van der Waals surface area contributed by atoms with Crippen molar-refractivity contribution >= 4 is 11.8 Å². The van der Waals surface area contributed by atoms with Gasteiger partial charge in [0.25, 0.3) is 0 Å². The number of hydrogen-bond donors (Lipinski definition) is 4. The molecule has 0 aromatic heterocycles. The summed E-state index contributed by atoms with van der Waals surface area (Å²) in [5.74, 6) is 2.02. The van der Waals surface area contributed by atoms with Gasteiger partial charge in [-0.1, -0.05) is 27.7 Å². The number of carbonyl (C=O) groups excluding carboxylic acids is 2. The first-order valence-electron chi connectivity index (χ1n) is 14.3. The van der Waals surface area contributed by atoms with Crippen LogP contribution in [0.2, 0.25) is 0 Å². The molecule has 7 nitrogen and oxygen atoms in total. The summed E-state index contributed by atoms with van der Waals surface area (Å²) in [5, 5.41) is 12.6. The van der Waals surface area contributed by atoms with Crippen LogP contribution in [0.4, 0.5) is 0 Å². The van der Waals surface area contributed by atoms with E-state index in [1.54, 1.807) is 0 Å². The maximum absolute atomic E-state index is 13.6. The highest BCUT2D eigenvalue weighted by molar-refractivity contribution is 5.83. The molecule has 0 spiro atoms. The molecule has 3 saturated heterocycles. The maximum atomic E-state index is 13.6. The Labute approximate surface area is 213 Å². The van der Waals surface area contributed by atoms with Crippen LogP contribution < -0.4 is 21.4 Å². The first-order valence-corrected chi connectivity index (χ1v) is 14.3. The van der Waals surface area contributed by atoms with Gasteiger partial charge < -0.3 is 10.6 Å². The number of hydrazine groups is 1. The van der Waals surface area contributed by atoms with Gasteiger partial charge in [0, 0.05) is 43.1 Å². The number of carbonyl (C=O) groups is 2. The van der Waals surface area contributed by atoms with E-state index in [1.807, 2.05) is 0 Å². The minimum Gasteiger partial charge on any atom is -0.355 e. The Morgan fingerprint density at radius 2 is 1.80 bits per heavy atom.